The normalized spacial score (nSPS) is 22.7. The molecule has 0 amide bonds. The van der Waals surface area contributed by atoms with Crippen LogP contribution in [0.3, 0.4) is 0 Å². The van der Waals surface area contributed by atoms with Crippen molar-refractivity contribution in [3.63, 3.8) is 0 Å². The van der Waals surface area contributed by atoms with Crippen molar-refractivity contribution in [3.05, 3.63) is 23.8 Å². The SMILES string of the molecule is COC(=N)[C@@H]1CC=CC=C1C. The van der Waals surface area contributed by atoms with Gasteiger partial charge in [-0.1, -0.05) is 23.8 Å². The molecule has 2 heteroatoms. The highest BCUT2D eigenvalue weighted by Gasteiger charge is 2.16. The van der Waals surface area contributed by atoms with E-state index in [0.717, 1.165) is 6.42 Å². The third-order valence-corrected chi connectivity index (χ3v) is 1.95. The van der Waals surface area contributed by atoms with Crippen LogP contribution in [0.1, 0.15) is 13.3 Å². The molecule has 0 spiro atoms. The summed E-state index contributed by atoms with van der Waals surface area (Å²) in [6.45, 7) is 2.03. The van der Waals surface area contributed by atoms with Crippen LogP contribution in [0.4, 0.5) is 0 Å². The van der Waals surface area contributed by atoms with Crippen LogP contribution in [0.2, 0.25) is 0 Å². The van der Waals surface area contributed by atoms with Crippen LogP contribution in [0.15, 0.2) is 23.8 Å². The maximum Gasteiger partial charge on any atom is 0.187 e. The molecule has 11 heavy (non-hydrogen) atoms. The maximum atomic E-state index is 7.47. The minimum atomic E-state index is 0.171. The average Bonchev–Trinajstić information content (AvgIpc) is 2.04. The van der Waals surface area contributed by atoms with E-state index in [0.29, 0.717) is 5.90 Å². The van der Waals surface area contributed by atoms with Crippen molar-refractivity contribution in [1.82, 2.24) is 0 Å². The van der Waals surface area contributed by atoms with E-state index in [2.05, 4.69) is 6.08 Å². The number of nitrogens with one attached hydrogen (secondary N) is 1. The molecule has 0 aromatic rings. The Kier molecular flexibility index (Phi) is 2.47. The number of hydrogen-bond donors (Lipinski definition) is 1. The first-order valence-corrected chi connectivity index (χ1v) is 3.71. The fraction of sp³-hybridized carbons (Fsp3) is 0.444. The topological polar surface area (TPSA) is 33.1 Å². The standard InChI is InChI=1S/C9H13NO/c1-7-5-3-4-6-8(7)9(10)11-2/h3-5,8,10H,6H2,1-2H3/t8-/m1/s1. The van der Waals surface area contributed by atoms with E-state index in [1.807, 2.05) is 19.1 Å². The molecule has 0 aromatic carbocycles. The minimum absolute atomic E-state index is 0.171. The average molecular weight is 151 g/mol. The van der Waals surface area contributed by atoms with Gasteiger partial charge in [0.2, 0.25) is 0 Å². The first-order valence-electron chi connectivity index (χ1n) is 3.71. The number of allylic oxidation sites excluding steroid dienone is 3. The molecule has 0 radical (unpaired) electrons. The fourth-order valence-electron chi connectivity index (χ4n) is 1.19. The Morgan fingerprint density at radius 3 is 3.00 bits per heavy atom. The molecule has 60 valence electrons. The molecule has 2 nitrogen and oxygen atoms in total. The highest BCUT2D eigenvalue weighted by atomic mass is 16.5. The van der Waals surface area contributed by atoms with E-state index in [1.54, 1.807) is 7.11 Å². The van der Waals surface area contributed by atoms with Gasteiger partial charge in [0.05, 0.1) is 13.0 Å². The molecule has 0 heterocycles. The number of methoxy groups -OCH3 is 1. The summed E-state index contributed by atoms with van der Waals surface area (Å²) in [6, 6.07) is 0. The van der Waals surface area contributed by atoms with E-state index in [1.165, 1.54) is 5.57 Å². The molecule has 0 aromatic heterocycles. The van der Waals surface area contributed by atoms with Crippen molar-refractivity contribution in [1.29, 1.82) is 5.41 Å². The van der Waals surface area contributed by atoms with Gasteiger partial charge in [-0.25, -0.2) is 0 Å². The van der Waals surface area contributed by atoms with Gasteiger partial charge in [0.25, 0.3) is 0 Å². The molecule has 0 saturated carbocycles. The van der Waals surface area contributed by atoms with Crippen molar-refractivity contribution in [3.8, 4) is 0 Å². The first kappa shape index (κ1) is 8.05. The van der Waals surface area contributed by atoms with E-state index >= 15 is 0 Å². The van der Waals surface area contributed by atoms with Crippen LogP contribution in [0.25, 0.3) is 0 Å². The van der Waals surface area contributed by atoms with Gasteiger partial charge < -0.3 is 4.74 Å². The molecule has 1 atom stereocenters. The molecule has 1 N–H and O–H groups in total. The Morgan fingerprint density at radius 1 is 1.73 bits per heavy atom. The van der Waals surface area contributed by atoms with Crippen LogP contribution in [0, 0.1) is 11.3 Å². The van der Waals surface area contributed by atoms with Crippen LogP contribution in [-0.2, 0) is 4.74 Å². The molecular weight excluding hydrogens is 138 g/mol. The molecular formula is C9H13NO. The smallest absolute Gasteiger partial charge is 0.187 e. The van der Waals surface area contributed by atoms with E-state index in [9.17, 15) is 0 Å². The van der Waals surface area contributed by atoms with Gasteiger partial charge in [0.15, 0.2) is 5.90 Å². The van der Waals surface area contributed by atoms with Crippen LogP contribution in [0.5, 0.6) is 0 Å². The molecule has 0 saturated heterocycles. The Bertz CT molecular complexity index is 216. The predicted molar refractivity (Wildman–Crippen MR) is 45.7 cm³/mol. The monoisotopic (exact) mass is 151 g/mol. The van der Waals surface area contributed by atoms with Crippen molar-refractivity contribution < 1.29 is 4.74 Å². The van der Waals surface area contributed by atoms with Gasteiger partial charge in [0.1, 0.15) is 0 Å². The third kappa shape index (κ3) is 1.70. The highest BCUT2D eigenvalue weighted by molar-refractivity contribution is 5.78. The lowest BCUT2D eigenvalue weighted by atomic mass is 9.93. The summed E-state index contributed by atoms with van der Waals surface area (Å²) >= 11 is 0. The largest absolute Gasteiger partial charge is 0.484 e. The van der Waals surface area contributed by atoms with E-state index in [-0.39, 0.29) is 5.92 Å². The molecule has 1 aliphatic carbocycles. The number of ether oxygens (including phenoxy) is 1. The second kappa shape index (κ2) is 3.37. The quantitative estimate of drug-likeness (QED) is 0.452. The van der Waals surface area contributed by atoms with E-state index in [4.69, 9.17) is 10.1 Å². The second-order valence-electron chi connectivity index (χ2n) is 2.70. The summed E-state index contributed by atoms with van der Waals surface area (Å²) in [5.74, 6) is 0.535. The maximum absolute atomic E-state index is 7.47. The molecule has 0 aliphatic heterocycles. The van der Waals surface area contributed by atoms with Gasteiger partial charge in [0, 0.05) is 0 Å². The number of hydrogen-bond acceptors (Lipinski definition) is 2. The third-order valence-electron chi connectivity index (χ3n) is 1.95. The Labute approximate surface area is 67.1 Å². The van der Waals surface area contributed by atoms with Gasteiger partial charge in [-0.2, -0.15) is 0 Å². The zero-order valence-electron chi connectivity index (χ0n) is 6.92. The second-order valence-corrected chi connectivity index (χ2v) is 2.70. The van der Waals surface area contributed by atoms with Gasteiger partial charge in [-0.3, -0.25) is 5.41 Å². The van der Waals surface area contributed by atoms with Crippen molar-refractivity contribution in [2.45, 2.75) is 13.3 Å². The molecule has 1 aliphatic rings. The number of rotatable bonds is 1. The summed E-state index contributed by atoms with van der Waals surface area (Å²) < 4.78 is 4.87. The Morgan fingerprint density at radius 2 is 2.45 bits per heavy atom. The summed E-state index contributed by atoms with van der Waals surface area (Å²) in [7, 11) is 1.55. The predicted octanol–water partition coefficient (Wildman–Crippen LogP) is 2.13. The lowest BCUT2D eigenvalue weighted by Gasteiger charge is -2.17. The van der Waals surface area contributed by atoms with E-state index < -0.39 is 0 Å². The summed E-state index contributed by atoms with van der Waals surface area (Å²) in [5, 5.41) is 7.47. The fourth-order valence-corrected chi connectivity index (χ4v) is 1.19. The summed E-state index contributed by atoms with van der Waals surface area (Å²) in [5.41, 5.74) is 1.21. The summed E-state index contributed by atoms with van der Waals surface area (Å²) in [6.07, 6.45) is 7.01. The molecule has 0 bridgehead atoms. The van der Waals surface area contributed by atoms with Crippen molar-refractivity contribution in [2.24, 2.45) is 5.92 Å². The van der Waals surface area contributed by atoms with Gasteiger partial charge in [-0.15, -0.1) is 0 Å². The molecule has 0 fully saturated rings. The Balaban J connectivity index is 2.68. The lowest BCUT2D eigenvalue weighted by molar-refractivity contribution is 0.369. The summed E-state index contributed by atoms with van der Waals surface area (Å²) in [4.78, 5) is 0. The lowest BCUT2D eigenvalue weighted by Crippen LogP contribution is -2.17. The Hall–Kier alpha value is -1.05. The van der Waals surface area contributed by atoms with Gasteiger partial charge in [-0.05, 0) is 13.3 Å². The molecule has 1 rings (SSSR count). The molecule has 0 unspecified atom stereocenters. The zero-order valence-corrected chi connectivity index (χ0v) is 6.92. The highest BCUT2D eigenvalue weighted by Crippen LogP contribution is 2.20. The zero-order chi connectivity index (χ0) is 8.27. The van der Waals surface area contributed by atoms with Gasteiger partial charge >= 0.3 is 0 Å². The first-order chi connectivity index (χ1) is 5.25. The van der Waals surface area contributed by atoms with Crippen molar-refractivity contribution in [2.75, 3.05) is 7.11 Å². The minimum Gasteiger partial charge on any atom is -0.484 e. The van der Waals surface area contributed by atoms with Crippen LogP contribution >= 0.6 is 0 Å². The van der Waals surface area contributed by atoms with Crippen LogP contribution < -0.4 is 0 Å². The van der Waals surface area contributed by atoms with Crippen LogP contribution in [-0.4, -0.2) is 13.0 Å². The van der Waals surface area contributed by atoms with Crippen molar-refractivity contribution >= 4 is 5.90 Å².